The lowest BCUT2D eigenvalue weighted by atomic mass is 10.1. The molecule has 0 spiro atoms. The smallest absolute Gasteiger partial charge is 0.319 e. The van der Waals surface area contributed by atoms with E-state index in [1.54, 1.807) is 60.8 Å². The van der Waals surface area contributed by atoms with Gasteiger partial charge in [0.15, 0.2) is 0 Å². The number of imide groups is 1. The van der Waals surface area contributed by atoms with Crippen molar-refractivity contribution in [1.29, 1.82) is 0 Å². The number of anilines is 2. The standard InChI is InChI=1S/C27H20ClN5O4S/c28-22-10-9-21(38-22)24(34)32-20-8-2-7-19-23(20)26(36)33(25(19)35)15-17-5-1-4-16(12-17)13-30-27(37)31-18-6-3-11-29-14-18/h1-12,14H,13,15H2,(H,32,34)(H2,30,31,37). The maximum atomic E-state index is 13.3. The largest absolute Gasteiger partial charge is 0.334 e. The van der Waals surface area contributed by atoms with E-state index in [2.05, 4.69) is 20.9 Å². The molecule has 190 valence electrons. The molecular formula is C27H20ClN5O4S. The number of urea groups is 1. The summed E-state index contributed by atoms with van der Waals surface area (Å²) in [6.45, 7) is 0.279. The predicted molar refractivity (Wildman–Crippen MR) is 144 cm³/mol. The molecule has 9 nitrogen and oxygen atoms in total. The number of hydrogen-bond acceptors (Lipinski definition) is 6. The molecule has 3 N–H and O–H groups in total. The Morgan fingerprint density at radius 1 is 0.921 bits per heavy atom. The third-order valence-corrected chi connectivity index (χ3v) is 6.98. The van der Waals surface area contributed by atoms with Crippen molar-refractivity contribution in [3.05, 3.63) is 111 Å². The first kappa shape index (κ1) is 25.1. The molecular weight excluding hydrogens is 526 g/mol. The van der Waals surface area contributed by atoms with Crippen LogP contribution in [-0.2, 0) is 13.1 Å². The van der Waals surface area contributed by atoms with E-state index < -0.39 is 17.7 Å². The lowest BCUT2D eigenvalue weighted by Crippen LogP contribution is -2.30. The van der Waals surface area contributed by atoms with Gasteiger partial charge in [-0.1, -0.05) is 41.9 Å². The van der Waals surface area contributed by atoms with E-state index in [0.29, 0.717) is 20.5 Å². The van der Waals surface area contributed by atoms with Crippen molar-refractivity contribution in [3.8, 4) is 0 Å². The fourth-order valence-corrected chi connectivity index (χ4v) is 4.95. The van der Waals surface area contributed by atoms with Crippen LogP contribution >= 0.6 is 22.9 Å². The molecule has 4 aromatic rings. The van der Waals surface area contributed by atoms with Crippen molar-refractivity contribution in [2.45, 2.75) is 13.1 Å². The number of carbonyl (C=O) groups is 4. The third-order valence-electron chi connectivity index (χ3n) is 5.75. The van der Waals surface area contributed by atoms with Crippen LogP contribution in [0.25, 0.3) is 0 Å². The van der Waals surface area contributed by atoms with Gasteiger partial charge < -0.3 is 16.0 Å². The zero-order valence-electron chi connectivity index (χ0n) is 19.7. The van der Waals surface area contributed by atoms with Crippen molar-refractivity contribution in [2.24, 2.45) is 0 Å². The fraction of sp³-hybridized carbons (Fsp3) is 0.0741. The van der Waals surface area contributed by atoms with Crippen molar-refractivity contribution >= 4 is 58.1 Å². The minimum absolute atomic E-state index is 0.0377. The zero-order valence-corrected chi connectivity index (χ0v) is 21.3. The van der Waals surface area contributed by atoms with Crippen molar-refractivity contribution in [1.82, 2.24) is 15.2 Å². The van der Waals surface area contributed by atoms with Crippen molar-refractivity contribution in [2.75, 3.05) is 10.6 Å². The van der Waals surface area contributed by atoms with E-state index in [4.69, 9.17) is 11.6 Å². The first-order valence-electron chi connectivity index (χ1n) is 11.5. The molecule has 2 aromatic carbocycles. The molecule has 1 aliphatic heterocycles. The number of nitrogens with zero attached hydrogens (tertiary/aromatic N) is 2. The van der Waals surface area contributed by atoms with Crippen LogP contribution in [0.15, 0.2) is 79.1 Å². The molecule has 0 atom stereocenters. The van der Waals surface area contributed by atoms with Gasteiger partial charge in [-0.15, -0.1) is 11.3 Å². The SMILES string of the molecule is O=C(NCc1cccc(CN2C(=O)c3cccc(NC(=O)c4ccc(Cl)s4)c3C2=O)c1)Nc1cccnc1. The molecule has 3 heterocycles. The summed E-state index contributed by atoms with van der Waals surface area (Å²) in [4.78, 5) is 56.7. The number of carbonyl (C=O) groups excluding carboxylic acids is 4. The Morgan fingerprint density at radius 3 is 2.50 bits per heavy atom. The van der Waals surface area contributed by atoms with Gasteiger partial charge in [0.2, 0.25) is 0 Å². The first-order chi connectivity index (χ1) is 18.4. The van der Waals surface area contributed by atoms with Gasteiger partial charge in [0.25, 0.3) is 17.7 Å². The number of aromatic nitrogens is 1. The summed E-state index contributed by atoms with van der Waals surface area (Å²) in [5, 5.41) is 8.18. The van der Waals surface area contributed by atoms with E-state index in [9.17, 15) is 19.2 Å². The maximum Gasteiger partial charge on any atom is 0.319 e. The minimum Gasteiger partial charge on any atom is -0.334 e. The average Bonchev–Trinajstić information content (AvgIpc) is 3.46. The van der Waals surface area contributed by atoms with E-state index in [-0.39, 0.29) is 35.9 Å². The monoisotopic (exact) mass is 545 g/mol. The lowest BCUT2D eigenvalue weighted by Gasteiger charge is -2.15. The molecule has 0 saturated heterocycles. The second kappa shape index (κ2) is 10.8. The number of pyridine rings is 1. The summed E-state index contributed by atoms with van der Waals surface area (Å²) >= 11 is 7.04. The van der Waals surface area contributed by atoms with Crippen molar-refractivity contribution < 1.29 is 19.2 Å². The molecule has 5 rings (SSSR count). The number of rotatable bonds is 7. The molecule has 0 radical (unpaired) electrons. The third kappa shape index (κ3) is 5.41. The lowest BCUT2D eigenvalue weighted by molar-refractivity contribution is 0.0642. The number of amides is 5. The average molecular weight is 546 g/mol. The number of fused-ring (bicyclic) bond motifs is 1. The topological polar surface area (TPSA) is 121 Å². The van der Waals surface area contributed by atoms with Gasteiger partial charge >= 0.3 is 6.03 Å². The quantitative estimate of drug-likeness (QED) is 0.277. The number of thiophene rings is 1. The molecule has 0 unspecified atom stereocenters. The molecule has 38 heavy (non-hydrogen) atoms. The van der Waals surface area contributed by atoms with Crippen LogP contribution in [0.3, 0.4) is 0 Å². The zero-order chi connectivity index (χ0) is 26.6. The van der Waals surface area contributed by atoms with E-state index in [1.807, 2.05) is 12.1 Å². The molecule has 0 fully saturated rings. The van der Waals surface area contributed by atoms with Gasteiger partial charge in [0.1, 0.15) is 0 Å². The Labute approximate surface area is 226 Å². The summed E-state index contributed by atoms with van der Waals surface area (Å²) in [7, 11) is 0. The van der Waals surface area contributed by atoms with Crippen LogP contribution in [0, 0.1) is 0 Å². The molecule has 0 aliphatic carbocycles. The Morgan fingerprint density at radius 2 is 1.74 bits per heavy atom. The second-order valence-electron chi connectivity index (χ2n) is 8.35. The van der Waals surface area contributed by atoms with Gasteiger partial charge in [-0.3, -0.25) is 24.3 Å². The first-order valence-corrected chi connectivity index (χ1v) is 12.7. The highest BCUT2D eigenvalue weighted by molar-refractivity contribution is 7.18. The Balaban J connectivity index is 1.26. The van der Waals surface area contributed by atoms with Crippen LogP contribution in [0.2, 0.25) is 4.34 Å². The maximum absolute atomic E-state index is 13.3. The molecule has 0 bridgehead atoms. The van der Waals surface area contributed by atoms with E-state index in [0.717, 1.165) is 21.8 Å². The van der Waals surface area contributed by atoms with Crippen LogP contribution in [-0.4, -0.2) is 33.6 Å². The summed E-state index contributed by atoms with van der Waals surface area (Å²) in [5.74, 6) is -1.36. The molecule has 2 aromatic heterocycles. The van der Waals surface area contributed by atoms with Gasteiger partial charge in [-0.05, 0) is 47.5 Å². The highest BCUT2D eigenvalue weighted by atomic mass is 35.5. The Hall–Kier alpha value is -4.54. The highest BCUT2D eigenvalue weighted by Crippen LogP contribution is 2.31. The van der Waals surface area contributed by atoms with Crippen LogP contribution in [0.4, 0.5) is 16.2 Å². The van der Waals surface area contributed by atoms with Gasteiger partial charge in [-0.25, -0.2) is 4.79 Å². The summed E-state index contributed by atoms with van der Waals surface area (Å²) in [6, 6.07) is 18.3. The normalized spacial score (nSPS) is 12.3. The van der Waals surface area contributed by atoms with Gasteiger partial charge in [-0.2, -0.15) is 0 Å². The highest BCUT2D eigenvalue weighted by Gasteiger charge is 2.37. The van der Waals surface area contributed by atoms with E-state index in [1.165, 1.54) is 6.20 Å². The predicted octanol–water partition coefficient (Wildman–Crippen LogP) is 5.17. The summed E-state index contributed by atoms with van der Waals surface area (Å²) in [5.41, 5.74) is 2.71. The molecule has 0 saturated carbocycles. The Kier molecular flexibility index (Phi) is 7.16. The molecule has 11 heteroatoms. The fourth-order valence-electron chi connectivity index (χ4n) is 4.02. The van der Waals surface area contributed by atoms with Crippen LogP contribution < -0.4 is 16.0 Å². The molecule has 1 aliphatic rings. The van der Waals surface area contributed by atoms with Crippen LogP contribution in [0.1, 0.15) is 41.5 Å². The number of hydrogen-bond donors (Lipinski definition) is 3. The summed E-state index contributed by atoms with van der Waals surface area (Å²) < 4.78 is 0.470. The number of nitrogens with one attached hydrogen (secondary N) is 3. The number of benzene rings is 2. The summed E-state index contributed by atoms with van der Waals surface area (Å²) in [6.07, 6.45) is 3.15. The van der Waals surface area contributed by atoms with Crippen LogP contribution in [0.5, 0.6) is 0 Å². The minimum atomic E-state index is -0.496. The van der Waals surface area contributed by atoms with Crippen molar-refractivity contribution in [3.63, 3.8) is 0 Å². The Bertz CT molecular complexity index is 1560. The van der Waals surface area contributed by atoms with Gasteiger partial charge in [0.05, 0.1) is 44.5 Å². The van der Waals surface area contributed by atoms with E-state index >= 15 is 0 Å². The molecule has 5 amide bonds. The second-order valence-corrected chi connectivity index (χ2v) is 10.1. The number of halogens is 1. The van der Waals surface area contributed by atoms with Gasteiger partial charge in [0, 0.05) is 12.7 Å².